The number of aryl methyl sites for hydroxylation is 5. The molecule has 0 amide bonds. The van der Waals surface area contributed by atoms with Crippen LogP contribution in [-0.4, -0.2) is 77.6 Å². The molecule has 19 nitrogen and oxygen atoms in total. The second-order valence-electron chi connectivity index (χ2n) is 23.8. The smallest absolute Gasteiger partial charge is 0.212 e. The van der Waals surface area contributed by atoms with Crippen molar-refractivity contribution in [1.29, 1.82) is 0 Å². The van der Waals surface area contributed by atoms with Gasteiger partial charge in [0, 0.05) is 60.1 Å². The van der Waals surface area contributed by atoms with Crippen molar-refractivity contribution in [3.05, 3.63) is 277 Å². The molecule has 0 aliphatic rings. The molecule has 0 aliphatic heterocycles. The number of carbonyl (C=O) groups excluding carboxylic acids is 2. The van der Waals surface area contributed by atoms with Crippen LogP contribution >= 0.6 is 47.8 Å². The lowest BCUT2D eigenvalue weighted by atomic mass is 10.0. The van der Waals surface area contributed by atoms with E-state index in [0.717, 1.165) is 52.4 Å². The zero-order valence-corrected chi connectivity index (χ0v) is 63.7. The minimum absolute atomic E-state index is 0.0237. The van der Waals surface area contributed by atoms with Gasteiger partial charge in [-0.2, -0.15) is 4.39 Å². The van der Waals surface area contributed by atoms with E-state index in [1.165, 1.54) is 97.2 Å². The highest BCUT2D eigenvalue weighted by Gasteiger charge is 2.22. The summed E-state index contributed by atoms with van der Waals surface area (Å²) in [6.07, 6.45) is 4.58. The highest BCUT2D eigenvalue weighted by molar-refractivity contribution is 9.11. The predicted octanol–water partition coefficient (Wildman–Crippen LogP) is 19.5. The molecule has 13 rings (SSSR count). The first-order valence-electron chi connectivity index (χ1n) is 32.1. The summed E-state index contributed by atoms with van der Waals surface area (Å²) in [5.41, 5.74) is 8.32. The second-order valence-corrected chi connectivity index (χ2v) is 26.5. The number of phenols is 5. The van der Waals surface area contributed by atoms with E-state index in [1.54, 1.807) is 69.3 Å². The Labute approximate surface area is 632 Å². The van der Waals surface area contributed by atoms with Crippen molar-refractivity contribution in [1.82, 2.24) is 4.98 Å². The summed E-state index contributed by atoms with van der Waals surface area (Å²) >= 11 is 10.1. The predicted molar refractivity (Wildman–Crippen MR) is 418 cm³/mol. The molecule has 0 atom stereocenters. The van der Waals surface area contributed by atoms with E-state index in [1.807, 2.05) is 98.8 Å². The maximum absolute atomic E-state index is 13.0. The third kappa shape index (κ3) is 18.2. The number of rotatable bonds is 13. The molecular weight excluding hydrogens is 1560 g/mol. The number of hydrogen-bond acceptors (Lipinski definition) is 19. The number of methoxy groups -OCH3 is 5. The van der Waals surface area contributed by atoms with Crippen LogP contribution in [0.25, 0.3) is 84.1 Å². The molecule has 0 bridgehead atoms. The Morgan fingerprint density at radius 2 is 0.745 bits per heavy atom. The average Bonchev–Trinajstić information content (AvgIpc) is 0.775. The lowest BCUT2D eigenvalue weighted by molar-refractivity contribution is 0.100. The molecule has 5 N–H and O–H groups in total. The minimum Gasteiger partial charge on any atom is -0.507 e. The van der Waals surface area contributed by atoms with Gasteiger partial charge in [0.1, 0.15) is 84.8 Å². The summed E-state index contributed by atoms with van der Waals surface area (Å²) in [6, 6.07) is 47.7. The van der Waals surface area contributed by atoms with Gasteiger partial charge in [-0.15, -0.1) is 0 Å². The summed E-state index contributed by atoms with van der Waals surface area (Å²) in [7, 11) is 7.39. The van der Waals surface area contributed by atoms with Gasteiger partial charge in [-0.25, -0.2) is 4.98 Å². The van der Waals surface area contributed by atoms with Gasteiger partial charge in [0.15, 0.2) is 61.9 Å². The van der Waals surface area contributed by atoms with Gasteiger partial charge in [-0.1, -0.05) is 115 Å². The molecule has 0 spiro atoms. The molecular formula is C83H69Br3FNO18. The van der Waals surface area contributed by atoms with Gasteiger partial charge in [0.05, 0.1) is 35.5 Å². The molecule has 0 saturated heterocycles. The Bertz CT molecular complexity index is 5510. The number of nitrogens with zero attached hydrogens (tertiary/aromatic N) is 1. The van der Waals surface area contributed by atoms with Crippen molar-refractivity contribution in [3.63, 3.8) is 0 Å². The van der Waals surface area contributed by atoms with Crippen molar-refractivity contribution in [3.8, 4) is 103 Å². The normalized spacial score (nSPS) is 10.7. The molecule has 9 aromatic carbocycles. The molecule has 106 heavy (non-hydrogen) atoms. The molecule has 0 unspecified atom stereocenters. The van der Waals surface area contributed by atoms with E-state index < -0.39 is 5.95 Å². The van der Waals surface area contributed by atoms with Crippen LogP contribution in [0, 0.1) is 40.6 Å². The molecule has 4 heterocycles. The number of Topliss-reactive ketones (excluding diaryl/α,β-unsaturated/α-hetero) is 1. The van der Waals surface area contributed by atoms with E-state index in [9.17, 15) is 53.9 Å². The number of aromatic hydroxyl groups is 5. The van der Waals surface area contributed by atoms with Gasteiger partial charge in [-0.3, -0.25) is 24.0 Å². The van der Waals surface area contributed by atoms with Crippen LogP contribution in [0.5, 0.6) is 57.5 Å². The van der Waals surface area contributed by atoms with Crippen molar-refractivity contribution >= 4 is 98.3 Å². The maximum atomic E-state index is 13.0. The SMILES string of the molecule is COc1c(C)cc(O)c2oc(-c3ccc(-c4ccc(F)nc4)cc3)cc(=O)c12.COc1c(C)cc(O)c2oc(-c3ccc(Br)cc3)cc(=O)c12.COc1c(C)cc(O)c2oc(-c3ccc(Br)cc3)cc(=O)c12.COc1cc(C)cc(O)c1C(=O)/C=C/c1ccc(Br)cc1.COc1cc(C)cc(O)c1C(C)=O. The lowest BCUT2D eigenvalue weighted by Crippen LogP contribution is -2.04. The largest absolute Gasteiger partial charge is 0.507 e. The zero-order chi connectivity index (χ0) is 77.0. The molecule has 0 fully saturated rings. The highest BCUT2D eigenvalue weighted by Crippen LogP contribution is 2.40. The number of aromatic nitrogens is 1. The number of ether oxygens (including phenoxy) is 5. The van der Waals surface area contributed by atoms with Crippen molar-refractivity contribution in [2.75, 3.05) is 35.5 Å². The second kappa shape index (κ2) is 34.7. The van der Waals surface area contributed by atoms with E-state index in [-0.39, 0.29) is 101 Å². The third-order valence-corrected chi connectivity index (χ3v) is 17.8. The molecule has 0 aliphatic carbocycles. The van der Waals surface area contributed by atoms with Gasteiger partial charge in [-0.05, 0) is 178 Å². The molecule has 23 heteroatoms. The molecule has 0 radical (unpaired) electrons. The summed E-state index contributed by atoms with van der Waals surface area (Å²) in [6.45, 7) is 10.3. The van der Waals surface area contributed by atoms with Crippen molar-refractivity contribution < 1.29 is 76.4 Å². The summed E-state index contributed by atoms with van der Waals surface area (Å²) in [5, 5.41) is 50.6. The van der Waals surface area contributed by atoms with Gasteiger partial charge in [0.25, 0.3) is 0 Å². The fourth-order valence-corrected chi connectivity index (χ4v) is 12.1. The van der Waals surface area contributed by atoms with Gasteiger partial charge >= 0.3 is 0 Å². The highest BCUT2D eigenvalue weighted by atomic mass is 79.9. The summed E-state index contributed by atoms with van der Waals surface area (Å²) < 4.78 is 59.2. The Morgan fingerprint density at radius 1 is 0.415 bits per heavy atom. The van der Waals surface area contributed by atoms with Crippen molar-refractivity contribution in [2.45, 2.75) is 41.5 Å². The molecule has 13 aromatic rings. The minimum atomic E-state index is -0.538. The number of fused-ring (bicyclic) bond motifs is 3. The average molecular weight is 1630 g/mol. The van der Waals surface area contributed by atoms with Crippen LogP contribution in [0.3, 0.4) is 0 Å². The van der Waals surface area contributed by atoms with Crippen LogP contribution in [0.4, 0.5) is 4.39 Å². The summed E-state index contributed by atoms with van der Waals surface area (Å²) in [4.78, 5) is 64.6. The number of hydrogen-bond donors (Lipinski definition) is 5. The van der Waals surface area contributed by atoms with Gasteiger partial charge < -0.3 is 62.5 Å². The maximum Gasteiger partial charge on any atom is 0.212 e. The van der Waals surface area contributed by atoms with Crippen LogP contribution in [0.15, 0.2) is 223 Å². The number of halogens is 4. The monoisotopic (exact) mass is 1620 g/mol. The standard InChI is InChI=1S/C22H16FNO4.2C17H13BrO4.C17H15BrO3.C10H12O3/c1-12-9-17(26)22-20(21(12)27-2)16(25)10-18(28-22)14-5-3-13(4-6-14)15-7-8-19(23)24-11-15;2*1-9-7-13(20)17-15(16(9)21-2)12(19)8-14(22-17)10-3-5-11(18)6-4-10;1-11-9-15(20)17(16(10-11)21-2)14(19)8-5-12-3-6-13(18)7-4-12;1-6-4-8(12)10(7(2)11)9(5-6)13-3/h3-11,26H,1-2H3;2*3-8,20H,1-2H3;3-10,20H,1-2H3;4-5,12H,1-3H3/b;;;8-5+;. The van der Waals surface area contributed by atoms with Crippen LogP contribution in [-0.2, 0) is 0 Å². The first kappa shape index (κ1) is 78.3. The Balaban J connectivity index is 0.000000156. The Hall–Kier alpha value is -11.8. The van der Waals surface area contributed by atoms with Gasteiger partial charge in [0.2, 0.25) is 5.95 Å². The molecule has 4 aromatic heterocycles. The quantitative estimate of drug-likeness (QED) is 0.0407. The number of pyridine rings is 1. The Morgan fingerprint density at radius 3 is 1.08 bits per heavy atom. The summed E-state index contributed by atoms with van der Waals surface area (Å²) in [5.74, 6) is 1.71. The molecule has 0 saturated carbocycles. The Kier molecular flexibility index (Phi) is 25.6. The van der Waals surface area contributed by atoms with Crippen molar-refractivity contribution in [2.24, 2.45) is 0 Å². The van der Waals surface area contributed by atoms with Crippen LogP contribution < -0.4 is 40.0 Å². The first-order valence-corrected chi connectivity index (χ1v) is 34.5. The number of allylic oxidation sites excluding steroid dienone is 1. The topological polar surface area (TPSA) is 285 Å². The number of phenolic OH excluding ortho intramolecular Hbond substituents is 5. The van der Waals surface area contributed by atoms with E-state index in [4.69, 9.17) is 36.9 Å². The number of benzene rings is 9. The van der Waals surface area contributed by atoms with E-state index in [0.29, 0.717) is 68.3 Å². The van der Waals surface area contributed by atoms with Crippen LogP contribution in [0.1, 0.15) is 61.0 Å². The lowest BCUT2D eigenvalue weighted by Gasteiger charge is -2.11. The zero-order valence-electron chi connectivity index (χ0n) is 58.9. The molecule has 542 valence electrons. The van der Waals surface area contributed by atoms with E-state index >= 15 is 0 Å². The fraction of sp³-hybridized carbons (Fsp3) is 0.133. The van der Waals surface area contributed by atoms with E-state index in [2.05, 4.69) is 52.8 Å². The number of ketones is 2. The third-order valence-electron chi connectivity index (χ3n) is 16.2. The van der Waals surface area contributed by atoms with Crippen LogP contribution in [0.2, 0.25) is 0 Å². The number of carbonyl (C=O) groups is 2. The first-order chi connectivity index (χ1) is 50.6. The fourth-order valence-electron chi connectivity index (χ4n) is 11.3.